The lowest BCUT2D eigenvalue weighted by molar-refractivity contribution is 0.209. The first-order chi connectivity index (χ1) is 7.29. The van der Waals surface area contributed by atoms with Gasteiger partial charge < -0.3 is 8.85 Å². The van der Waals surface area contributed by atoms with Crippen molar-refractivity contribution >= 4 is 13.7 Å². The maximum atomic E-state index is 5.69. The van der Waals surface area contributed by atoms with E-state index in [2.05, 4.69) is 5.54 Å². The molecule has 15 heavy (non-hydrogen) atoms. The molecule has 0 aliphatic carbocycles. The topological polar surface area (TPSA) is 18.5 Å². The summed E-state index contributed by atoms with van der Waals surface area (Å²) in [5.74, 6) is 0. The second-order valence-corrected chi connectivity index (χ2v) is 5.67. The van der Waals surface area contributed by atoms with Gasteiger partial charge in [-0.05, 0) is 13.8 Å². The van der Waals surface area contributed by atoms with E-state index in [4.69, 9.17) is 15.3 Å². The van der Waals surface area contributed by atoms with Crippen LogP contribution in [0.3, 0.4) is 0 Å². The lowest BCUT2D eigenvalue weighted by Crippen LogP contribution is -2.53. The molecule has 80 valence electrons. The van der Waals surface area contributed by atoms with Crippen molar-refractivity contribution in [3.8, 4) is 12.0 Å². The molecule has 0 aromatic heterocycles. The van der Waals surface area contributed by atoms with Crippen LogP contribution in [0.5, 0.6) is 0 Å². The van der Waals surface area contributed by atoms with Gasteiger partial charge in [-0.25, -0.2) is 0 Å². The van der Waals surface area contributed by atoms with E-state index in [-0.39, 0.29) is 0 Å². The smallest absolute Gasteiger partial charge is 0.382 e. The highest BCUT2D eigenvalue weighted by atomic mass is 28.4. The van der Waals surface area contributed by atoms with Crippen LogP contribution < -0.4 is 5.19 Å². The second-order valence-electron chi connectivity index (χ2n) is 2.99. The third-order valence-corrected chi connectivity index (χ3v) is 4.90. The van der Waals surface area contributed by atoms with Gasteiger partial charge in [0.15, 0.2) is 0 Å². The number of terminal acetylenes is 1. The maximum absolute atomic E-state index is 5.69. The molecule has 0 aliphatic heterocycles. The average molecular weight is 220 g/mol. The van der Waals surface area contributed by atoms with Crippen molar-refractivity contribution < 1.29 is 8.85 Å². The number of hydrogen-bond donors (Lipinski definition) is 0. The number of benzene rings is 1. The molecule has 0 heterocycles. The van der Waals surface area contributed by atoms with Gasteiger partial charge in [0.1, 0.15) is 0 Å². The van der Waals surface area contributed by atoms with E-state index in [0.717, 1.165) is 5.19 Å². The summed E-state index contributed by atoms with van der Waals surface area (Å²) in [6.45, 7) is 5.01. The highest BCUT2D eigenvalue weighted by Gasteiger charge is 2.38. The third-order valence-electron chi connectivity index (χ3n) is 2.04. The summed E-state index contributed by atoms with van der Waals surface area (Å²) in [5.41, 5.74) is 2.73. The van der Waals surface area contributed by atoms with E-state index in [0.29, 0.717) is 13.2 Å². The van der Waals surface area contributed by atoms with E-state index in [9.17, 15) is 0 Å². The van der Waals surface area contributed by atoms with Crippen molar-refractivity contribution in [1.82, 2.24) is 0 Å². The third kappa shape index (κ3) is 2.69. The summed E-state index contributed by atoms with van der Waals surface area (Å²) in [4.78, 5) is 0. The molecule has 0 saturated heterocycles. The Bertz CT molecular complexity index is 323. The Labute approximate surface area is 92.5 Å². The van der Waals surface area contributed by atoms with Gasteiger partial charge in [0.2, 0.25) is 0 Å². The van der Waals surface area contributed by atoms with Gasteiger partial charge in [-0.15, -0.1) is 6.42 Å². The largest absolute Gasteiger partial charge is 0.458 e. The van der Waals surface area contributed by atoms with Gasteiger partial charge in [0.05, 0.1) is 0 Å². The molecular weight excluding hydrogens is 204 g/mol. The Morgan fingerprint density at radius 2 is 1.67 bits per heavy atom. The minimum atomic E-state index is -2.62. The molecule has 0 saturated carbocycles. The highest BCUT2D eigenvalue weighted by Crippen LogP contribution is 2.07. The van der Waals surface area contributed by atoms with E-state index >= 15 is 0 Å². The van der Waals surface area contributed by atoms with E-state index in [1.54, 1.807) is 0 Å². The van der Waals surface area contributed by atoms with Crippen molar-refractivity contribution in [2.45, 2.75) is 13.8 Å². The van der Waals surface area contributed by atoms with Crippen LogP contribution in [0.25, 0.3) is 0 Å². The van der Waals surface area contributed by atoms with Crippen molar-refractivity contribution in [3.05, 3.63) is 30.3 Å². The summed E-state index contributed by atoms with van der Waals surface area (Å²) in [7, 11) is -2.62. The van der Waals surface area contributed by atoms with Crippen LogP contribution in [-0.2, 0) is 8.85 Å². The van der Waals surface area contributed by atoms with E-state index in [1.807, 2.05) is 44.2 Å². The molecule has 0 radical (unpaired) electrons. The second kappa shape index (κ2) is 5.71. The summed E-state index contributed by atoms with van der Waals surface area (Å²) < 4.78 is 11.4. The lowest BCUT2D eigenvalue weighted by atomic mass is 10.4. The van der Waals surface area contributed by atoms with Crippen molar-refractivity contribution in [2.24, 2.45) is 0 Å². The molecule has 0 amide bonds. The highest BCUT2D eigenvalue weighted by molar-refractivity contribution is 6.88. The summed E-state index contributed by atoms with van der Waals surface area (Å²) in [6, 6.07) is 9.80. The molecule has 1 aromatic rings. The Hall–Kier alpha value is -1.08. The average Bonchev–Trinajstić information content (AvgIpc) is 2.30. The molecule has 2 nitrogen and oxygen atoms in total. The van der Waals surface area contributed by atoms with Gasteiger partial charge in [-0.2, -0.15) is 0 Å². The zero-order chi connectivity index (χ0) is 11.1. The zero-order valence-electron chi connectivity index (χ0n) is 9.19. The van der Waals surface area contributed by atoms with Gasteiger partial charge in [0.25, 0.3) is 0 Å². The first-order valence-electron chi connectivity index (χ1n) is 5.10. The van der Waals surface area contributed by atoms with Gasteiger partial charge >= 0.3 is 8.56 Å². The summed E-state index contributed by atoms with van der Waals surface area (Å²) in [6.07, 6.45) is 5.57. The van der Waals surface area contributed by atoms with Crippen molar-refractivity contribution in [3.63, 3.8) is 0 Å². The van der Waals surface area contributed by atoms with Crippen LogP contribution in [0.15, 0.2) is 30.3 Å². The van der Waals surface area contributed by atoms with Crippen LogP contribution in [-0.4, -0.2) is 21.8 Å². The zero-order valence-corrected chi connectivity index (χ0v) is 10.2. The Morgan fingerprint density at radius 3 is 2.07 bits per heavy atom. The molecule has 0 atom stereocenters. The lowest BCUT2D eigenvalue weighted by Gasteiger charge is -2.24. The van der Waals surface area contributed by atoms with Gasteiger partial charge in [0, 0.05) is 18.4 Å². The summed E-state index contributed by atoms with van der Waals surface area (Å²) >= 11 is 0. The fourth-order valence-corrected chi connectivity index (χ4v) is 3.63. The predicted molar refractivity (Wildman–Crippen MR) is 63.9 cm³/mol. The molecule has 0 spiro atoms. The Kier molecular flexibility index (Phi) is 4.57. The first-order valence-corrected chi connectivity index (χ1v) is 6.92. The minimum Gasteiger partial charge on any atom is -0.382 e. The predicted octanol–water partition coefficient (Wildman–Crippen LogP) is 1.58. The monoisotopic (exact) mass is 220 g/mol. The molecule has 0 bridgehead atoms. The molecule has 0 N–H and O–H groups in total. The molecule has 0 fully saturated rings. The molecule has 1 aromatic carbocycles. The van der Waals surface area contributed by atoms with Crippen LogP contribution in [0, 0.1) is 12.0 Å². The van der Waals surface area contributed by atoms with E-state index < -0.39 is 8.56 Å². The van der Waals surface area contributed by atoms with E-state index in [1.165, 1.54) is 0 Å². The molecular formula is C12H16O2Si. The standard InChI is InChI=1S/C12H16O2Si/c1-4-13-15(6-3,14-5-2)12-10-8-7-9-11-12/h3,7-11H,4-5H2,1-2H3. The Balaban J connectivity index is 3.05. The normalized spacial score (nSPS) is 11.0. The fourth-order valence-electron chi connectivity index (χ4n) is 1.44. The quantitative estimate of drug-likeness (QED) is 0.554. The molecule has 1 rings (SSSR count). The van der Waals surface area contributed by atoms with Gasteiger partial charge in [-0.3, -0.25) is 0 Å². The molecule has 0 unspecified atom stereocenters. The number of rotatable bonds is 5. The summed E-state index contributed by atoms with van der Waals surface area (Å²) in [5, 5.41) is 0.996. The SMILES string of the molecule is C#C[Si](OCC)(OCC)c1ccccc1. The molecule has 3 heteroatoms. The first kappa shape index (κ1) is 12.0. The fraction of sp³-hybridized carbons (Fsp3) is 0.333. The van der Waals surface area contributed by atoms with Crippen molar-refractivity contribution in [2.75, 3.05) is 13.2 Å². The Morgan fingerprint density at radius 1 is 1.13 bits per heavy atom. The number of hydrogen-bond acceptors (Lipinski definition) is 2. The van der Waals surface area contributed by atoms with Gasteiger partial charge in [-0.1, -0.05) is 35.9 Å². The minimum absolute atomic E-state index is 0.575. The van der Waals surface area contributed by atoms with Crippen LogP contribution in [0.1, 0.15) is 13.8 Å². The van der Waals surface area contributed by atoms with Crippen LogP contribution >= 0.6 is 0 Å². The van der Waals surface area contributed by atoms with Crippen LogP contribution in [0.4, 0.5) is 0 Å². The maximum Gasteiger partial charge on any atom is 0.458 e. The van der Waals surface area contributed by atoms with Crippen LogP contribution in [0.2, 0.25) is 0 Å². The molecule has 0 aliphatic rings. The van der Waals surface area contributed by atoms with Crippen molar-refractivity contribution in [1.29, 1.82) is 0 Å².